The maximum absolute atomic E-state index is 13.8. The van der Waals surface area contributed by atoms with Gasteiger partial charge in [0.15, 0.2) is 0 Å². The highest BCUT2D eigenvalue weighted by molar-refractivity contribution is 5.96. The van der Waals surface area contributed by atoms with Crippen LogP contribution in [0.5, 0.6) is 0 Å². The van der Waals surface area contributed by atoms with E-state index in [4.69, 9.17) is 4.74 Å². The first-order valence-electron chi connectivity index (χ1n) is 13.7. The van der Waals surface area contributed by atoms with Crippen molar-refractivity contribution in [2.45, 2.75) is 32.2 Å². The standard InChI is InChI=1S/C33H34F3N3O3/c1-42-20-10-19-38(24-30-17-9-18-37(30)23-27-13-8-16-29(21-27)33(34,35)36)31(40)25-39(22-26-11-4-2-5-12-26)32(41)28-14-6-3-7-15-28/h2-9,11-18,21H,10,19-20,22-25H2,1H3. The van der Waals surface area contributed by atoms with Crippen molar-refractivity contribution in [1.29, 1.82) is 0 Å². The van der Waals surface area contributed by atoms with Crippen molar-refractivity contribution in [3.63, 3.8) is 0 Å². The van der Waals surface area contributed by atoms with Crippen molar-refractivity contribution in [2.24, 2.45) is 0 Å². The zero-order valence-electron chi connectivity index (χ0n) is 23.5. The van der Waals surface area contributed by atoms with Crippen LogP contribution in [0.3, 0.4) is 0 Å². The molecule has 42 heavy (non-hydrogen) atoms. The topological polar surface area (TPSA) is 54.8 Å². The molecule has 0 saturated carbocycles. The molecule has 0 aliphatic carbocycles. The van der Waals surface area contributed by atoms with E-state index >= 15 is 0 Å². The summed E-state index contributed by atoms with van der Waals surface area (Å²) in [5.41, 5.74) is 1.95. The Morgan fingerprint density at radius 3 is 2.19 bits per heavy atom. The molecule has 0 saturated heterocycles. The number of alkyl halides is 3. The second kappa shape index (κ2) is 14.5. The lowest BCUT2D eigenvalue weighted by Crippen LogP contribution is -2.43. The number of carbonyl (C=O) groups is 2. The number of nitrogens with zero attached hydrogens (tertiary/aromatic N) is 3. The molecule has 0 spiro atoms. The van der Waals surface area contributed by atoms with Crippen LogP contribution in [-0.4, -0.2) is 53.0 Å². The fourth-order valence-corrected chi connectivity index (χ4v) is 4.71. The van der Waals surface area contributed by atoms with Gasteiger partial charge in [0.25, 0.3) is 5.91 Å². The van der Waals surface area contributed by atoms with E-state index in [1.165, 1.54) is 11.0 Å². The first-order valence-corrected chi connectivity index (χ1v) is 13.7. The summed E-state index contributed by atoms with van der Waals surface area (Å²) in [4.78, 5) is 30.5. The van der Waals surface area contributed by atoms with Gasteiger partial charge in [0.2, 0.25) is 5.91 Å². The minimum atomic E-state index is -4.43. The van der Waals surface area contributed by atoms with E-state index in [2.05, 4.69) is 0 Å². The van der Waals surface area contributed by atoms with Crippen LogP contribution in [0.25, 0.3) is 0 Å². The van der Waals surface area contributed by atoms with E-state index < -0.39 is 11.7 Å². The van der Waals surface area contributed by atoms with E-state index in [1.807, 2.05) is 47.0 Å². The lowest BCUT2D eigenvalue weighted by atomic mass is 10.1. The molecule has 0 aliphatic rings. The predicted octanol–water partition coefficient (Wildman–Crippen LogP) is 6.26. The second-order valence-electron chi connectivity index (χ2n) is 10.0. The molecule has 0 bridgehead atoms. The Bertz CT molecular complexity index is 1440. The fourth-order valence-electron chi connectivity index (χ4n) is 4.71. The Labute approximate surface area is 243 Å². The Balaban J connectivity index is 1.54. The molecule has 0 fully saturated rings. The van der Waals surface area contributed by atoms with Gasteiger partial charge in [-0.2, -0.15) is 13.2 Å². The number of carbonyl (C=O) groups excluding carboxylic acids is 2. The van der Waals surface area contributed by atoms with E-state index in [-0.39, 0.29) is 38.0 Å². The van der Waals surface area contributed by atoms with Gasteiger partial charge in [0.05, 0.1) is 12.1 Å². The Kier molecular flexibility index (Phi) is 10.6. The summed E-state index contributed by atoms with van der Waals surface area (Å²) in [6.07, 6.45) is -2.06. The summed E-state index contributed by atoms with van der Waals surface area (Å²) in [6.45, 7) is 1.42. The van der Waals surface area contributed by atoms with E-state index in [0.29, 0.717) is 30.7 Å². The third-order valence-electron chi connectivity index (χ3n) is 6.86. The largest absolute Gasteiger partial charge is 0.416 e. The van der Waals surface area contributed by atoms with Crippen molar-refractivity contribution >= 4 is 11.8 Å². The van der Waals surface area contributed by atoms with Crippen LogP contribution in [0.1, 0.15) is 39.2 Å². The number of halogens is 3. The summed E-state index contributed by atoms with van der Waals surface area (Å²) in [5.74, 6) is -0.490. The molecule has 3 aromatic carbocycles. The molecule has 4 aromatic rings. The van der Waals surface area contributed by atoms with Gasteiger partial charge in [-0.15, -0.1) is 0 Å². The normalized spacial score (nSPS) is 11.3. The lowest BCUT2D eigenvalue weighted by molar-refractivity contribution is -0.137. The average Bonchev–Trinajstić information content (AvgIpc) is 3.42. The Morgan fingerprint density at radius 2 is 1.50 bits per heavy atom. The number of hydrogen-bond acceptors (Lipinski definition) is 3. The molecule has 2 amide bonds. The maximum atomic E-state index is 13.8. The summed E-state index contributed by atoms with van der Waals surface area (Å²) in [5, 5.41) is 0. The first kappa shape index (κ1) is 30.6. The summed E-state index contributed by atoms with van der Waals surface area (Å²) in [6, 6.07) is 27.2. The molecular weight excluding hydrogens is 543 g/mol. The Morgan fingerprint density at radius 1 is 0.810 bits per heavy atom. The van der Waals surface area contributed by atoms with Gasteiger partial charge in [-0.3, -0.25) is 9.59 Å². The van der Waals surface area contributed by atoms with Crippen molar-refractivity contribution in [3.8, 4) is 0 Å². The van der Waals surface area contributed by atoms with Crippen LogP contribution in [0.2, 0.25) is 0 Å². The number of methoxy groups -OCH3 is 1. The highest BCUT2D eigenvalue weighted by atomic mass is 19.4. The number of rotatable bonds is 13. The van der Waals surface area contributed by atoms with Crippen LogP contribution in [-0.2, 0) is 35.3 Å². The molecule has 1 heterocycles. The van der Waals surface area contributed by atoms with Gasteiger partial charge in [-0.1, -0.05) is 60.7 Å². The highest BCUT2D eigenvalue weighted by Gasteiger charge is 2.30. The molecule has 0 N–H and O–H groups in total. The third-order valence-corrected chi connectivity index (χ3v) is 6.86. The van der Waals surface area contributed by atoms with Gasteiger partial charge in [0.1, 0.15) is 6.54 Å². The number of hydrogen-bond donors (Lipinski definition) is 0. The molecule has 220 valence electrons. The first-order chi connectivity index (χ1) is 20.2. The lowest BCUT2D eigenvalue weighted by Gasteiger charge is -2.28. The summed E-state index contributed by atoms with van der Waals surface area (Å²) >= 11 is 0. The van der Waals surface area contributed by atoms with Gasteiger partial charge >= 0.3 is 6.18 Å². The van der Waals surface area contributed by atoms with Crippen molar-refractivity contribution in [3.05, 3.63) is 131 Å². The van der Waals surface area contributed by atoms with Crippen LogP contribution >= 0.6 is 0 Å². The number of aromatic nitrogens is 1. The maximum Gasteiger partial charge on any atom is 0.416 e. The van der Waals surface area contributed by atoms with Crippen LogP contribution < -0.4 is 0 Å². The number of benzene rings is 3. The Hall–Kier alpha value is -4.37. The molecule has 1 aromatic heterocycles. The SMILES string of the molecule is COCCCN(Cc1cccn1Cc1cccc(C(F)(F)F)c1)C(=O)CN(Cc1ccccc1)C(=O)c1ccccc1. The van der Waals surface area contributed by atoms with E-state index in [0.717, 1.165) is 23.4 Å². The molecule has 9 heteroatoms. The van der Waals surface area contributed by atoms with Gasteiger partial charge in [-0.25, -0.2) is 0 Å². The zero-order valence-corrected chi connectivity index (χ0v) is 23.5. The van der Waals surface area contributed by atoms with Gasteiger partial charge < -0.3 is 19.1 Å². The highest BCUT2D eigenvalue weighted by Crippen LogP contribution is 2.29. The van der Waals surface area contributed by atoms with Crippen LogP contribution in [0, 0.1) is 0 Å². The molecule has 6 nitrogen and oxygen atoms in total. The average molecular weight is 578 g/mol. The van der Waals surface area contributed by atoms with Crippen molar-refractivity contribution in [2.75, 3.05) is 26.8 Å². The smallest absolute Gasteiger partial charge is 0.385 e. The minimum Gasteiger partial charge on any atom is -0.385 e. The van der Waals surface area contributed by atoms with Crippen molar-refractivity contribution in [1.82, 2.24) is 14.4 Å². The quantitative estimate of drug-likeness (QED) is 0.176. The summed E-state index contributed by atoms with van der Waals surface area (Å²) < 4.78 is 46.8. The van der Waals surface area contributed by atoms with E-state index in [9.17, 15) is 22.8 Å². The molecular formula is C33H34F3N3O3. The third kappa shape index (κ3) is 8.57. The molecule has 0 radical (unpaired) electrons. The molecule has 0 aliphatic heterocycles. The summed E-state index contributed by atoms with van der Waals surface area (Å²) in [7, 11) is 1.59. The fraction of sp³-hybridized carbons (Fsp3) is 0.273. The molecule has 0 unspecified atom stereocenters. The monoisotopic (exact) mass is 577 g/mol. The molecule has 0 atom stereocenters. The van der Waals surface area contributed by atoms with Gasteiger partial charge in [0, 0.05) is 50.8 Å². The van der Waals surface area contributed by atoms with Crippen LogP contribution in [0.15, 0.2) is 103 Å². The number of amides is 2. The van der Waals surface area contributed by atoms with Gasteiger partial charge in [-0.05, 0) is 53.9 Å². The van der Waals surface area contributed by atoms with Crippen LogP contribution in [0.4, 0.5) is 13.2 Å². The number of ether oxygens (including phenoxy) is 1. The van der Waals surface area contributed by atoms with E-state index in [1.54, 1.807) is 54.6 Å². The second-order valence-corrected chi connectivity index (χ2v) is 10.0. The predicted molar refractivity (Wildman–Crippen MR) is 155 cm³/mol. The zero-order chi connectivity index (χ0) is 30.0. The molecule has 4 rings (SSSR count). The minimum absolute atomic E-state index is 0.135. The van der Waals surface area contributed by atoms with Crippen molar-refractivity contribution < 1.29 is 27.5 Å².